The Labute approximate surface area is 110 Å². The summed E-state index contributed by atoms with van der Waals surface area (Å²) in [4.78, 5) is 11.2. The van der Waals surface area contributed by atoms with Crippen LogP contribution in [0.15, 0.2) is 12.4 Å². The standard InChI is InChI=1S/C14H24N4/c1-11(2)7-8-18(13-5-3-4-6-13)14-16-9-12(15)10-17-14/h9-11,13H,3-8,15H2,1-2H3. The van der Waals surface area contributed by atoms with Gasteiger partial charge >= 0.3 is 0 Å². The Balaban J connectivity index is 2.09. The van der Waals surface area contributed by atoms with Gasteiger partial charge in [-0.1, -0.05) is 26.7 Å². The van der Waals surface area contributed by atoms with E-state index in [4.69, 9.17) is 5.73 Å². The van der Waals surface area contributed by atoms with Crippen molar-refractivity contribution in [3.05, 3.63) is 12.4 Å². The third-order valence-electron chi connectivity index (χ3n) is 3.63. The third kappa shape index (κ3) is 3.34. The molecular formula is C14H24N4. The van der Waals surface area contributed by atoms with E-state index in [1.54, 1.807) is 12.4 Å². The lowest BCUT2D eigenvalue weighted by Gasteiger charge is -2.29. The molecule has 2 N–H and O–H groups in total. The van der Waals surface area contributed by atoms with Crippen LogP contribution in [0.4, 0.5) is 11.6 Å². The van der Waals surface area contributed by atoms with Gasteiger partial charge in [-0.2, -0.15) is 0 Å². The van der Waals surface area contributed by atoms with Crippen LogP contribution in [0.2, 0.25) is 0 Å². The topological polar surface area (TPSA) is 55.0 Å². The van der Waals surface area contributed by atoms with Gasteiger partial charge in [-0.05, 0) is 25.2 Å². The molecule has 18 heavy (non-hydrogen) atoms. The van der Waals surface area contributed by atoms with Crippen LogP contribution in [0.25, 0.3) is 0 Å². The largest absolute Gasteiger partial charge is 0.396 e. The van der Waals surface area contributed by atoms with Gasteiger partial charge in [0.25, 0.3) is 0 Å². The summed E-state index contributed by atoms with van der Waals surface area (Å²) in [6.45, 7) is 5.57. The number of rotatable bonds is 5. The first-order valence-electron chi connectivity index (χ1n) is 7.01. The predicted octanol–water partition coefficient (Wildman–Crippen LogP) is 2.85. The average Bonchev–Trinajstić information content (AvgIpc) is 2.85. The summed E-state index contributed by atoms with van der Waals surface area (Å²) in [7, 11) is 0. The van der Waals surface area contributed by atoms with Crippen molar-refractivity contribution in [2.24, 2.45) is 5.92 Å². The number of hydrogen-bond acceptors (Lipinski definition) is 4. The summed E-state index contributed by atoms with van der Waals surface area (Å²) in [6.07, 6.45) is 9.80. The zero-order valence-electron chi connectivity index (χ0n) is 11.5. The van der Waals surface area contributed by atoms with Crippen molar-refractivity contribution in [3.8, 4) is 0 Å². The minimum atomic E-state index is 0.618. The molecular weight excluding hydrogens is 224 g/mol. The van der Waals surface area contributed by atoms with Crippen LogP contribution >= 0.6 is 0 Å². The van der Waals surface area contributed by atoms with Crippen LogP contribution in [0.5, 0.6) is 0 Å². The molecule has 1 heterocycles. The lowest BCUT2D eigenvalue weighted by molar-refractivity contribution is 0.521. The molecule has 4 nitrogen and oxygen atoms in total. The number of nitrogen functional groups attached to an aromatic ring is 1. The van der Waals surface area contributed by atoms with Crippen LogP contribution < -0.4 is 10.6 Å². The maximum atomic E-state index is 5.66. The summed E-state index contributed by atoms with van der Waals surface area (Å²) in [5.41, 5.74) is 6.29. The number of anilines is 2. The van der Waals surface area contributed by atoms with Crippen LogP contribution in [-0.4, -0.2) is 22.6 Å². The molecule has 1 aromatic rings. The third-order valence-corrected chi connectivity index (χ3v) is 3.63. The van der Waals surface area contributed by atoms with E-state index < -0.39 is 0 Å². The highest BCUT2D eigenvalue weighted by atomic mass is 15.3. The smallest absolute Gasteiger partial charge is 0.225 e. The molecule has 0 amide bonds. The fourth-order valence-electron chi connectivity index (χ4n) is 2.54. The van der Waals surface area contributed by atoms with E-state index in [0.29, 0.717) is 17.6 Å². The Bertz CT molecular complexity index is 355. The van der Waals surface area contributed by atoms with Gasteiger partial charge in [0.1, 0.15) is 0 Å². The van der Waals surface area contributed by atoms with Gasteiger partial charge in [0.2, 0.25) is 5.95 Å². The predicted molar refractivity (Wildman–Crippen MR) is 75.5 cm³/mol. The van der Waals surface area contributed by atoms with Gasteiger partial charge in [-0.3, -0.25) is 0 Å². The fourth-order valence-corrected chi connectivity index (χ4v) is 2.54. The van der Waals surface area contributed by atoms with Crippen LogP contribution in [-0.2, 0) is 0 Å². The van der Waals surface area contributed by atoms with Crippen molar-refractivity contribution in [1.29, 1.82) is 0 Å². The lowest BCUT2D eigenvalue weighted by Crippen LogP contribution is -2.36. The van der Waals surface area contributed by atoms with E-state index in [0.717, 1.165) is 12.5 Å². The van der Waals surface area contributed by atoms with E-state index >= 15 is 0 Å². The van der Waals surface area contributed by atoms with Crippen molar-refractivity contribution < 1.29 is 0 Å². The number of hydrogen-bond donors (Lipinski definition) is 1. The van der Waals surface area contributed by atoms with Gasteiger partial charge in [0.15, 0.2) is 0 Å². The molecule has 0 saturated heterocycles. The summed E-state index contributed by atoms with van der Waals surface area (Å²) in [6, 6.07) is 0.618. The second-order valence-corrected chi connectivity index (χ2v) is 5.63. The molecule has 0 unspecified atom stereocenters. The van der Waals surface area contributed by atoms with Crippen molar-refractivity contribution >= 4 is 11.6 Å². The highest BCUT2D eigenvalue weighted by Crippen LogP contribution is 2.26. The molecule has 1 aliphatic carbocycles. The second-order valence-electron chi connectivity index (χ2n) is 5.63. The molecule has 1 saturated carbocycles. The van der Waals surface area contributed by atoms with E-state index in [9.17, 15) is 0 Å². The van der Waals surface area contributed by atoms with Gasteiger partial charge in [0.05, 0.1) is 18.1 Å². The molecule has 100 valence electrons. The molecule has 1 aliphatic rings. The minimum absolute atomic E-state index is 0.618. The van der Waals surface area contributed by atoms with Crippen molar-refractivity contribution in [2.75, 3.05) is 17.2 Å². The fraction of sp³-hybridized carbons (Fsp3) is 0.714. The molecule has 0 aromatic carbocycles. The number of nitrogens with two attached hydrogens (primary N) is 1. The molecule has 1 aromatic heterocycles. The summed E-state index contributed by atoms with van der Waals surface area (Å²) < 4.78 is 0. The van der Waals surface area contributed by atoms with Crippen LogP contribution in [0.3, 0.4) is 0 Å². The van der Waals surface area contributed by atoms with Crippen molar-refractivity contribution in [3.63, 3.8) is 0 Å². The first kappa shape index (κ1) is 13.1. The minimum Gasteiger partial charge on any atom is -0.396 e. The Morgan fingerprint density at radius 1 is 1.28 bits per heavy atom. The van der Waals surface area contributed by atoms with E-state index in [1.807, 2.05) is 0 Å². The molecule has 0 aliphatic heterocycles. The van der Waals surface area contributed by atoms with Crippen LogP contribution in [0, 0.1) is 5.92 Å². The summed E-state index contributed by atoms with van der Waals surface area (Å²) >= 11 is 0. The van der Waals surface area contributed by atoms with Crippen LogP contribution in [0.1, 0.15) is 46.0 Å². The monoisotopic (exact) mass is 248 g/mol. The van der Waals surface area contributed by atoms with E-state index in [1.165, 1.54) is 32.1 Å². The molecule has 1 fully saturated rings. The average molecular weight is 248 g/mol. The van der Waals surface area contributed by atoms with Crippen molar-refractivity contribution in [1.82, 2.24) is 9.97 Å². The van der Waals surface area contributed by atoms with Crippen molar-refractivity contribution in [2.45, 2.75) is 52.0 Å². The Hall–Kier alpha value is -1.32. The molecule has 0 atom stereocenters. The Morgan fingerprint density at radius 2 is 1.89 bits per heavy atom. The SMILES string of the molecule is CC(C)CCN(c1ncc(N)cn1)C1CCCC1. The maximum Gasteiger partial charge on any atom is 0.225 e. The van der Waals surface area contributed by atoms with E-state index in [2.05, 4.69) is 28.7 Å². The zero-order chi connectivity index (χ0) is 13.0. The zero-order valence-corrected chi connectivity index (χ0v) is 11.5. The molecule has 0 spiro atoms. The van der Waals surface area contributed by atoms with Gasteiger partial charge in [-0.25, -0.2) is 9.97 Å². The first-order valence-corrected chi connectivity index (χ1v) is 7.01. The highest BCUT2D eigenvalue weighted by Gasteiger charge is 2.24. The summed E-state index contributed by atoms with van der Waals surface area (Å²) in [5.74, 6) is 1.56. The van der Waals surface area contributed by atoms with Gasteiger partial charge < -0.3 is 10.6 Å². The number of nitrogens with zero attached hydrogens (tertiary/aromatic N) is 3. The normalized spacial score (nSPS) is 16.4. The Morgan fingerprint density at radius 3 is 2.44 bits per heavy atom. The van der Waals surface area contributed by atoms with Gasteiger partial charge in [-0.15, -0.1) is 0 Å². The quantitative estimate of drug-likeness (QED) is 0.870. The molecule has 0 radical (unpaired) electrons. The first-order chi connectivity index (χ1) is 8.66. The van der Waals surface area contributed by atoms with Gasteiger partial charge in [0, 0.05) is 12.6 Å². The molecule has 2 rings (SSSR count). The lowest BCUT2D eigenvalue weighted by atomic mass is 10.1. The number of aromatic nitrogens is 2. The highest BCUT2D eigenvalue weighted by molar-refractivity contribution is 5.38. The molecule has 4 heteroatoms. The second kappa shape index (κ2) is 6.03. The summed E-state index contributed by atoms with van der Waals surface area (Å²) in [5, 5.41) is 0. The Kier molecular flexibility index (Phi) is 4.39. The molecule has 0 bridgehead atoms. The van der Waals surface area contributed by atoms with E-state index in [-0.39, 0.29) is 0 Å². The maximum absolute atomic E-state index is 5.66.